The lowest BCUT2D eigenvalue weighted by molar-refractivity contribution is 0.237. The number of likely N-dealkylation sites (N-methyl/N-ethyl adjacent to an activating group) is 1. The fraction of sp³-hybridized carbons (Fsp3) is 0.400. The van der Waals surface area contributed by atoms with Crippen molar-refractivity contribution in [2.75, 3.05) is 24.4 Å². The fourth-order valence-electron chi connectivity index (χ4n) is 4.24. The molecule has 2 aromatic rings. The van der Waals surface area contributed by atoms with Crippen molar-refractivity contribution in [3.05, 3.63) is 59.2 Å². The fourth-order valence-corrected chi connectivity index (χ4v) is 6.08. The Kier molecular flexibility index (Phi) is 3.89. The van der Waals surface area contributed by atoms with E-state index in [1.54, 1.807) is 16.4 Å². The number of sulfonamides is 1. The summed E-state index contributed by atoms with van der Waals surface area (Å²) in [5.41, 5.74) is 4.18. The predicted octanol–water partition coefficient (Wildman–Crippen LogP) is 3.30. The van der Waals surface area contributed by atoms with Gasteiger partial charge in [-0.25, -0.2) is 8.42 Å². The zero-order valence-corrected chi connectivity index (χ0v) is 15.8. The molecule has 0 aliphatic carbocycles. The van der Waals surface area contributed by atoms with Crippen LogP contribution in [0.5, 0.6) is 0 Å². The second-order valence-electron chi connectivity index (χ2n) is 7.40. The SMILES string of the molecule is Cc1cccc(S(=O)(=O)N2c3ccc(C)cc3[C@@H]3CN(C)CC[C@@H]32)c1. The number of likely N-dealkylation sites (tertiary alicyclic amines) is 1. The minimum Gasteiger partial charge on any atom is -0.306 e. The van der Waals surface area contributed by atoms with E-state index in [1.165, 1.54) is 11.1 Å². The quantitative estimate of drug-likeness (QED) is 0.829. The molecule has 5 heteroatoms. The summed E-state index contributed by atoms with van der Waals surface area (Å²) in [5.74, 6) is 0.244. The summed E-state index contributed by atoms with van der Waals surface area (Å²) in [7, 11) is -1.45. The molecule has 2 aromatic carbocycles. The molecular weight excluding hydrogens is 332 g/mol. The van der Waals surface area contributed by atoms with Crippen LogP contribution in [0.3, 0.4) is 0 Å². The Bertz CT molecular complexity index is 923. The molecule has 0 bridgehead atoms. The Morgan fingerprint density at radius 1 is 1.04 bits per heavy atom. The van der Waals surface area contributed by atoms with Gasteiger partial charge in [0.2, 0.25) is 0 Å². The summed E-state index contributed by atoms with van der Waals surface area (Å²) in [5, 5.41) is 0. The Labute approximate surface area is 150 Å². The molecule has 2 atom stereocenters. The summed E-state index contributed by atoms with van der Waals surface area (Å²) in [6.45, 7) is 5.83. The second-order valence-corrected chi connectivity index (χ2v) is 9.22. The molecule has 0 spiro atoms. The maximum Gasteiger partial charge on any atom is 0.264 e. The van der Waals surface area contributed by atoms with Crippen molar-refractivity contribution in [2.24, 2.45) is 0 Å². The lowest BCUT2D eigenvalue weighted by atomic mass is 9.89. The first-order chi connectivity index (χ1) is 11.9. The Balaban J connectivity index is 1.87. The molecule has 132 valence electrons. The van der Waals surface area contributed by atoms with E-state index in [2.05, 4.69) is 24.9 Å². The number of nitrogens with zero attached hydrogens (tertiary/aromatic N) is 2. The molecule has 0 radical (unpaired) electrons. The van der Waals surface area contributed by atoms with E-state index in [4.69, 9.17) is 0 Å². The molecule has 4 rings (SSSR count). The van der Waals surface area contributed by atoms with E-state index in [0.29, 0.717) is 4.90 Å². The van der Waals surface area contributed by atoms with Gasteiger partial charge in [-0.2, -0.15) is 0 Å². The number of piperidine rings is 1. The first kappa shape index (κ1) is 16.6. The van der Waals surface area contributed by atoms with Crippen LogP contribution >= 0.6 is 0 Å². The Morgan fingerprint density at radius 3 is 2.56 bits per heavy atom. The molecule has 2 heterocycles. The van der Waals surface area contributed by atoms with Crippen molar-refractivity contribution in [1.82, 2.24) is 4.90 Å². The summed E-state index contributed by atoms with van der Waals surface area (Å²) < 4.78 is 28.7. The molecule has 0 saturated carbocycles. The van der Waals surface area contributed by atoms with Crippen molar-refractivity contribution >= 4 is 15.7 Å². The van der Waals surface area contributed by atoms with Crippen LogP contribution in [0.2, 0.25) is 0 Å². The van der Waals surface area contributed by atoms with Gasteiger partial charge in [-0.05, 0) is 63.2 Å². The van der Waals surface area contributed by atoms with Crippen LogP contribution in [0, 0.1) is 13.8 Å². The summed E-state index contributed by atoms with van der Waals surface area (Å²) in [6, 6.07) is 13.4. The molecule has 4 nitrogen and oxygen atoms in total. The number of fused-ring (bicyclic) bond motifs is 3. The number of anilines is 1. The Hall–Kier alpha value is -1.85. The largest absolute Gasteiger partial charge is 0.306 e. The van der Waals surface area contributed by atoms with Crippen LogP contribution in [-0.2, 0) is 10.0 Å². The molecular formula is C20H24N2O2S. The molecule has 0 aromatic heterocycles. The van der Waals surface area contributed by atoms with Gasteiger partial charge in [-0.1, -0.05) is 29.8 Å². The smallest absolute Gasteiger partial charge is 0.264 e. The average Bonchev–Trinajstić information content (AvgIpc) is 2.88. The van der Waals surface area contributed by atoms with Crippen molar-refractivity contribution in [1.29, 1.82) is 0 Å². The molecule has 0 unspecified atom stereocenters. The van der Waals surface area contributed by atoms with Crippen LogP contribution in [0.25, 0.3) is 0 Å². The monoisotopic (exact) mass is 356 g/mol. The molecule has 1 fully saturated rings. The van der Waals surface area contributed by atoms with Gasteiger partial charge < -0.3 is 4.90 Å². The highest BCUT2D eigenvalue weighted by Crippen LogP contribution is 2.47. The van der Waals surface area contributed by atoms with E-state index in [9.17, 15) is 8.42 Å². The van der Waals surface area contributed by atoms with Crippen LogP contribution in [0.15, 0.2) is 47.4 Å². The molecule has 2 aliphatic heterocycles. The van der Waals surface area contributed by atoms with Crippen molar-refractivity contribution in [2.45, 2.75) is 37.1 Å². The average molecular weight is 356 g/mol. The Morgan fingerprint density at radius 2 is 1.80 bits per heavy atom. The number of hydrogen-bond donors (Lipinski definition) is 0. The minimum atomic E-state index is -3.56. The van der Waals surface area contributed by atoms with E-state index in [-0.39, 0.29) is 12.0 Å². The van der Waals surface area contributed by atoms with Crippen LogP contribution < -0.4 is 4.31 Å². The highest BCUT2D eigenvalue weighted by atomic mass is 32.2. The van der Waals surface area contributed by atoms with Gasteiger partial charge in [0.25, 0.3) is 10.0 Å². The van der Waals surface area contributed by atoms with Gasteiger partial charge in [0.1, 0.15) is 0 Å². The third-order valence-corrected chi connectivity index (χ3v) is 7.28. The topological polar surface area (TPSA) is 40.6 Å². The van der Waals surface area contributed by atoms with Crippen LogP contribution in [0.4, 0.5) is 5.69 Å². The van der Waals surface area contributed by atoms with Gasteiger partial charge >= 0.3 is 0 Å². The predicted molar refractivity (Wildman–Crippen MR) is 101 cm³/mol. The highest BCUT2D eigenvalue weighted by Gasteiger charge is 2.46. The first-order valence-corrected chi connectivity index (χ1v) is 10.2. The van der Waals surface area contributed by atoms with Gasteiger partial charge in [0, 0.05) is 12.5 Å². The first-order valence-electron chi connectivity index (χ1n) is 8.78. The lowest BCUT2D eigenvalue weighted by Gasteiger charge is -2.36. The normalized spacial score (nSPS) is 23.4. The molecule has 0 amide bonds. The summed E-state index contributed by atoms with van der Waals surface area (Å²) in [4.78, 5) is 2.69. The molecule has 2 aliphatic rings. The molecule has 25 heavy (non-hydrogen) atoms. The van der Waals surface area contributed by atoms with Gasteiger partial charge in [-0.3, -0.25) is 4.31 Å². The molecule has 0 N–H and O–H groups in total. The number of rotatable bonds is 2. The second kappa shape index (κ2) is 5.85. The zero-order chi connectivity index (χ0) is 17.8. The van der Waals surface area contributed by atoms with Crippen LogP contribution in [-0.4, -0.2) is 39.5 Å². The number of benzene rings is 2. The van der Waals surface area contributed by atoms with Crippen molar-refractivity contribution in [3.8, 4) is 0 Å². The van der Waals surface area contributed by atoms with E-state index in [1.807, 2.05) is 31.2 Å². The van der Waals surface area contributed by atoms with Crippen molar-refractivity contribution < 1.29 is 8.42 Å². The van der Waals surface area contributed by atoms with Gasteiger partial charge in [0.05, 0.1) is 16.6 Å². The number of aryl methyl sites for hydroxylation is 2. The van der Waals surface area contributed by atoms with E-state index in [0.717, 1.165) is 30.8 Å². The van der Waals surface area contributed by atoms with E-state index < -0.39 is 10.0 Å². The lowest BCUT2D eigenvalue weighted by Crippen LogP contribution is -2.47. The zero-order valence-electron chi connectivity index (χ0n) is 14.9. The minimum absolute atomic E-state index is 0.0125. The van der Waals surface area contributed by atoms with E-state index >= 15 is 0 Å². The highest BCUT2D eigenvalue weighted by molar-refractivity contribution is 7.92. The summed E-state index contributed by atoms with van der Waals surface area (Å²) in [6.07, 6.45) is 0.861. The van der Waals surface area contributed by atoms with Crippen LogP contribution in [0.1, 0.15) is 29.0 Å². The molecule has 1 saturated heterocycles. The standard InChI is InChI=1S/C20H24N2O2S/c1-14-5-4-6-16(11-14)25(23,24)22-19-8-7-15(2)12-17(19)18-13-21(3)10-9-20(18)22/h4-8,11-12,18,20H,9-10,13H2,1-3H3/t18-,20-/m0/s1. The maximum absolute atomic E-state index is 13.5. The third kappa shape index (κ3) is 2.66. The van der Waals surface area contributed by atoms with Gasteiger partial charge in [-0.15, -0.1) is 0 Å². The number of hydrogen-bond acceptors (Lipinski definition) is 3. The van der Waals surface area contributed by atoms with Crippen molar-refractivity contribution in [3.63, 3.8) is 0 Å². The third-order valence-electron chi connectivity index (χ3n) is 5.45. The van der Waals surface area contributed by atoms with Gasteiger partial charge in [0.15, 0.2) is 0 Å². The summed E-state index contributed by atoms with van der Waals surface area (Å²) >= 11 is 0. The maximum atomic E-state index is 13.5.